The number of aromatic nitrogens is 12. The maximum atomic E-state index is 13.6. The Balaban J connectivity index is 0.866. The lowest BCUT2D eigenvalue weighted by molar-refractivity contribution is -0.745. The van der Waals surface area contributed by atoms with E-state index in [-0.39, 0.29) is 51.2 Å². The van der Waals surface area contributed by atoms with Crippen molar-refractivity contribution in [3.05, 3.63) is 46.0 Å². The SMILES string of the molecule is CO[C@@H]1C(O)[C@H]([n+]2cn(C)c3c(=O)[nH]c(N)nc32)O[C@@H]1COP(=O)([O-])OP([O-])(=S)OP(=O)([O-])OC[C@H]1O[C@@H](n2cnc3c(N)ncnc32)[C@@H](OC)C1OP(=O)([O-])OC[C@H]1O[C@@H](n2cnc3c(=O)[nH]c(N)nc32)[C@@H](O)C1O. The molecule has 0 saturated carbocycles. The first-order valence-electron chi connectivity index (χ1n) is 21.5. The number of aromatic amines is 2. The van der Waals surface area contributed by atoms with Crippen LogP contribution in [0.1, 0.15) is 18.7 Å². The molecular weight excluding hydrogens is 1130 g/mol. The number of nitrogens with two attached hydrogens (primary N) is 3. The number of nitrogen functional groups attached to an aromatic ring is 3. The molecule has 3 aliphatic heterocycles. The predicted octanol–water partition coefficient (Wildman–Crippen LogP) is -6.47. The second kappa shape index (κ2) is 21.1. The van der Waals surface area contributed by atoms with Crippen LogP contribution in [0.2, 0.25) is 0 Å². The average Bonchev–Trinajstić information content (AvgIpc) is 4.20. The average molecular weight is 1170 g/mol. The summed E-state index contributed by atoms with van der Waals surface area (Å²) in [6, 6.07) is 0. The molecule has 3 aliphatic rings. The number of aliphatic hydroxyl groups excluding tert-OH is 3. The normalized spacial score (nSPS) is 30.2. The number of anilines is 3. The number of aliphatic hydroxyl groups is 3. The Labute approximate surface area is 427 Å². The van der Waals surface area contributed by atoms with Crippen molar-refractivity contribution in [2.24, 2.45) is 7.05 Å². The van der Waals surface area contributed by atoms with Crippen LogP contribution in [0.4, 0.5) is 17.7 Å². The molecule has 43 heteroatoms. The van der Waals surface area contributed by atoms with Gasteiger partial charge in [-0.1, -0.05) is 16.8 Å². The second-order valence-electron chi connectivity index (χ2n) is 16.6. The van der Waals surface area contributed by atoms with Gasteiger partial charge in [-0.05, 0) is 0 Å². The molecule has 7 unspecified atom stereocenters. The summed E-state index contributed by atoms with van der Waals surface area (Å²) in [7, 11) is -14.0. The first-order valence-corrected chi connectivity index (χ1v) is 28.4. The first kappa shape index (κ1) is 56.0. The van der Waals surface area contributed by atoms with Crippen LogP contribution in [0, 0.1) is 0 Å². The first-order chi connectivity index (χ1) is 35.7. The number of phosphoric ester groups is 3. The Morgan fingerprint density at radius 3 is 1.93 bits per heavy atom. The van der Waals surface area contributed by atoms with Crippen LogP contribution in [0.25, 0.3) is 33.5 Å². The number of hydrogen-bond acceptors (Lipinski definition) is 33. The molecule has 16 atom stereocenters. The third-order valence-electron chi connectivity index (χ3n) is 11.8. The Kier molecular flexibility index (Phi) is 15.6. The highest BCUT2D eigenvalue weighted by Gasteiger charge is 2.52. The highest BCUT2D eigenvalue weighted by atomic mass is 32.5. The van der Waals surface area contributed by atoms with Gasteiger partial charge in [-0.25, -0.2) is 24.5 Å². The van der Waals surface area contributed by atoms with Crippen molar-refractivity contribution >= 4 is 93.2 Å². The van der Waals surface area contributed by atoms with Crippen molar-refractivity contribution in [3.63, 3.8) is 0 Å². The van der Waals surface area contributed by atoms with Crippen LogP contribution in [-0.4, -0.2) is 158 Å². The van der Waals surface area contributed by atoms with Gasteiger partial charge in [0.05, 0.1) is 39.5 Å². The Morgan fingerprint density at radius 2 is 1.28 bits per heavy atom. The second-order valence-corrected chi connectivity index (χ2v) is 23.8. The lowest BCUT2D eigenvalue weighted by Crippen LogP contribution is -2.46. The van der Waals surface area contributed by atoms with E-state index in [9.17, 15) is 58.2 Å². The van der Waals surface area contributed by atoms with E-state index in [0.717, 1.165) is 37.8 Å². The molecule has 6 aromatic rings. The lowest BCUT2D eigenvalue weighted by Gasteiger charge is -2.38. The minimum Gasteiger partial charge on any atom is -0.779 e. The van der Waals surface area contributed by atoms with Crippen molar-refractivity contribution in [1.29, 1.82) is 0 Å². The highest BCUT2D eigenvalue weighted by molar-refractivity contribution is 8.09. The van der Waals surface area contributed by atoms with E-state index in [2.05, 4.69) is 60.3 Å². The van der Waals surface area contributed by atoms with Crippen LogP contribution in [0.3, 0.4) is 0 Å². The molecule has 0 aromatic carbocycles. The Morgan fingerprint density at radius 1 is 0.711 bits per heavy atom. The molecule has 416 valence electrons. The molecule has 9 rings (SSSR count). The number of fused-ring (bicyclic) bond motifs is 3. The minimum atomic E-state index is -6.10. The number of H-pyrrole nitrogens is 2. The van der Waals surface area contributed by atoms with Gasteiger partial charge >= 0.3 is 5.65 Å². The van der Waals surface area contributed by atoms with Gasteiger partial charge in [0, 0.05) is 14.2 Å². The van der Waals surface area contributed by atoms with E-state index in [1.165, 1.54) is 27.1 Å². The number of rotatable bonds is 20. The van der Waals surface area contributed by atoms with E-state index < -0.39 is 135 Å². The molecule has 6 aromatic heterocycles. The third kappa shape index (κ3) is 11.1. The maximum absolute atomic E-state index is 13.6. The summed E-state index contributed by atoms with van der Waals surface area (Å²) in [5.74, 6) is -0.689. The van der Waals surface area contributed by atoms with Gasteiger partial charge in [0.1, 0.15) is 73.5 Å². The summed E-state index contributed by atoms with van der Waals surface area (Å²) in [6.07, 6.45) is -14.8. The van der Waals surface area contributed by atoms with Gasteiger partial charge in [0.2, 0.25) is 17.7 Å². The van der Waals surface area contributed by atoms with Gasteiger partial charge in [0.25, 0.3) is 40.5 Å². The van der Waals surface area contributed by atoms with Crippen LogP contribution in [0.5, 0.6) is 0 Å². The fourth-order valence-electron chi connectivity index (χ4n) is 8.54. The molecule has 0 amide bonds. The number of aryl methyl sites for hydroxylation is 1. The van der Waals surface area contributed by atoms with Crippen LogP contribution in [-0.2, 0) is 83.0 Å². The van der Waals surface area contributed by atoms with Crippen LogP contribution in [0.15, 0.2) is 34.9 Å². The largest absolute Gasteiger partial charge is 0.779 e. The van der Waals surface area contributed by atoms with E-state index in [1.807, 2.05) is 0 Å². The molecule has 0 radical (unpaired) electrons. The molecule has 3 saturated heterocycles. The molecule has 38 nitrogen and oxygen atoms in total. The molecule has 0 spiro atoms. The number of ether oxygens (including phenoxy) is 5. The zero-order valence-corrected chi connectivity index (χ0v) is 43.2. The standard InChI is InChI=1S/C33H45N15O23P4S/c1-45-10-48(26-16(45)28(53)44-33(36)42-26)30-19(51)20(61-2)12(67-30)5-64-73(56,57)70-75(60,76)71-74(58,59)65-6-13-21(22(62-3)31(68-13)46-8-39-14-23(34)37-7-38-24(14)46)69-72(54,55)63-4-11-17(49)18(50)29(66-11)47-9-40-15-25(47)41-32(35)43-27(15)52/h7-13,17-22,29-31,49-51H,4-6H2,1-3H3,(H11-,34,35,36,37,38,41,42,43,44,52,53,54,55,56,57,58,59,60,76)/p-3/t11-,12-,13-,17?,18+,19?,20+,21?,22+,29-,30-,31-,75?/m1/s1. The predicted molar refractivity (Wildman–Crippen MR) is 242 cm³/mol. The number of nitrogens with one attached hydrogen (secondary N) is 2. The number of hydrogen-bond donors (Lipinski definition) is 8. The van der Waals surface area contributed by atoms with E-state index >= 15 is 0 Å². The summed E-state index contributed by atoms with van der Waals surface area (Å²) in [6.45, 7) is -9.10. The summed E-state index contributed by atoms with van der Waals surface area (Å²) in [5, 5.41) is 32.8. The van der Waals surface area contributed by atoms with Gasteiger partial charge in [0.15, 0.2) is 41.4 Å². The van der Waals surface area contributed by atoms with Crippen molar-refractivity contribution in [3.8, 4) is 0 Å². The van der Waals surface area contributed by atoms with E-state index in [0.29, 0.717) is 0 Å². The van der Waals surface area contributed by atoms with Crippen molar-refractivity contribution in [1.82, 2.24) is 53.6 Å². The van der Waals surface area contributed by atoms with Crippen LogP contribution >= 0.6 is 30.2 Å². The van der Waals surface area contributed by atoms with Crippen molar-refractivity contribution < 1.29 is 104 Å². The van der Waals surface area contributed by atoms with E-state index in [1.54, 1.807) is 0 Å². The van der Waals surface area contributed by atoms with E-state index in [4.69, 9.17) is 59.0 Å². The molecule has 11 N–H and O–H groups in total. The molecule has 0 bridgehead atoms. The van der Waals surface area contributed by atoms with Crippen molar-refractivity contribution in [2.45, 2.75) is 73.6 Å². The van der Waals surface area contributed by atoms with Gasteiger partial charge in [-0.3, -0.25) is 55.6 Å². The van der Waals surface area contributed by atoms with Crippen LogP contribution < -0.4 is 52.5 Å². The highest BCUT2D eigenvalue weighted by Crippen LogP contribution is 2.63. The number of phosphoric acid groups is 3. The summed E-state index contributed by atoms with van der Waals surface area (Å²) < 4.78 is 102. The molecular formula is C33H42N15O23P4S-3. The lowest BCUT2D eigenvalue weighted by atomic mass is 10.1. The minimum absolute atomic E-state index is 0.000926. The number of methoxy groups -OCH3 is 2. The Hall–Kier alpha value is -4.73. The van der Waals surface area contributed by atoms with Gasteiger partial charge in [-0.2, -0.15) is 4.98 Å². The monoisotopic (exact) mass is 1170 g/mol. The fourth-order valence-corrected chi connectivity index (χ4v) is 14.3. The molecule has 9 heterocycles. The summed E-state index contributed by atoms with van der Waals surface area (Å²) in [4.78, 5) is 106. The maximum Gasteiger partial charge on any atom is 0.313 e. The van der Waals surface area contributed by atoms with Gasteiger partial charge in [-0.15, -0.1) is 0 Å². The number of nitrogens with zero attached hydrogens (tertiary/aromatic N) is 10. The van der Waals surface area contributed by atoms with Crippen molar-refractivity contribution in [2.75, 3.05) is 51.2 Å². The zero-order valence-electron chi connectivity index (χ0n) is 38.8. The summed E-state index contributed by atoms with van der Waals surface area (Å²) >= 11 is 4.55. The smallest absolute Gasteiger partial charge is 0.313 e. The molecule has 3 fully saturated rings. The molecule has 76 heavy (non-hydrogen) atoms. The third-order valence-corrected chi connectivity index (χ3v) is 18.1. The topological polar surface area (TPSA) is 545 Å². The number of imidazole rings is 3. The summed E-state index contributed by atoms with van der Waals surface area (Å²) in [5.41, 5.74) is 15.6. The Bertz CT molecular complexity index is 3490. The quantitative estimate of drug-likeness (QED) is 0.0260. The fraction of sp³-hybridized carbons (Fsp3) is 0.545. The van der Waals surface area contributed by atoms with Gasteiger partial charge < -0.3 is 93.9 Å². The molecule has 0 aliphatic carbocycles. The zero-order chi connectivity index (χ0) is 55.0.